The summed E-state index contributed by atoms with van der Waals surface area (Å²) in [5.41, 5.74) is 4.61. The van der Waals surface area contributed by atoms with E-state index in [2.05, 4.69) is 24.8 Å². The molecule has 0 saturated heterocycles. The maximum absolute atomic E-state index is 12.6. The Bertz CT molecular complexity index is 815. The van der Waals surface area contributed by atoms with Crippen molar-refractivity contribution in [3.63, 3.8) is 0 Å². The highest BCUT2D eigenvalue weighted by atomic mass is 16.5. The van der Waals surface area contributed by atoms with Gasteiger partial charge in [-0.2, -0.15) is 0 Å². The van der Waals surface area contributed by atoms with Crippen LogP contribution in [0.4, 0.5) is 0 Å². The Labute approximate surface area is 147 Å². The fourth-order valence-corrected chi connectivity index (χ4v) is 3.61. The molecule has 2 aliphatic rings. The smallest absolute Gasteiger partial charge is 0.246 e. The molecule has 4 rings (SSSR count). The molecule has 0 fully saturated rings. The standard InChI is InChI=1S/C21H21NO3/c1-2-21(23)22(12-15-7-8-20-16(11-15)9-10-25-20)19-14-24-13-17-5-3-4-6-18(17)19/h2-8,11,19H,1,9-10,12-14H2. The lowest BCUT2D eigenvalue weighted by atomic mass is 9.97. The summed E-state index contributed by atoms with van der Waals surface area (Å²) in [7, 11) is 0. The second-order valence-corrected chi connectivity index (χ2v) is 6.44. The summed E-state index contributed by atoms with van der Waals surface area (Å²) in [5.74, 6) is 0.874. The molecule has 1 atom stereocenters. The van der Waals surface area contributed by atoms with E-state index >= 15 is 0 Å². The molecule has 1 amide bonds. The Kier molecular flexibility index (Phi) is 4.28. The van der Waals surface area contributed by atoms with Crippen molar-refractivity contribution in [3.05, 3.63) is 77.4 Å². The molecule has 2 aromatic rings. The molecule has 128 valence electrons. The van der Waals surface area contributed by atoms with Crippen molar-refractivity contribution in [3.8, 4) is 5.75 Å². The number of hydrogen-bond donors (Lipinski definition) is 0. The van der Waals surface area contributed by atoms with Gasteiger partial charge in [-0.15, -0.1) is 0 Å². The van der Waals surface area contributed by atoms with E-state index in [9.17, 15) is 4.79 Å². The number of ether oxygens (including phenoxy) is 2. The van der Waals surface area contributed by atoms with Crippen molar-refractivity contribution in [2.75, 3.05) is 13.2 Å². The van der Waals surface area contributed by atoms with E-state index in [0.717, 1.165) is 35.5 Å². The van der Waals surface area contributed by atoms with E-state index in [1.54, 1.807) is 0 Å². The molecule has 0 N–H and O–H groups in total. The summed E-state index contributed by atoms with van der Waals surface area (Å²) in [6, 6.07) is 14.2. The predicted molar refractivity (Wildman–Crippen MR) is 95.2 cm³/mol. The molecule has 2 aliphatic heterocycles. The van der Waals surface area contributed by atoms with Crippen LogP contribution in [-0.4, -0.2) is 24.0 Å². The molecular weight excluding hydrogens is 314 g/mol. The summed E-state index contributed by atoms with van der Waals surface area (Å²) >= 11 is 0. The van der Waals surface area contributed by atoms with Crippen LogP contribution in [0.2, 0.25) is 0 Å². The van der Waals surface area contributed by atoms with Gasteiger partial charge in [-0.1, -0.05) is 43.0 Å². The van der Waals surface area contributed by atoms with Crippen molar-refractivity contribution in [1.82, 2.24) is 4.90 Å². The van der Waals surface area contributed by atoms with Gasteiger partial charge in [0.25, 0.3) is 0 Å². The number of fused-ring (bicyclic) bond motifs is 2. The van der Waals surface area contributed by atoms with Gasteiger partial charge in [-0.05, 0) is 34.4 Å². The summed E-state index contributed by atoms with van der Waals surface area (Å²) < 4.78 is 11.3. The summed E-state index contributed by atoms with van der Waals surface area (Å²) in [6.07, 6.45) is 2.31. The van der Waals surface area contributed by atoms with Gasteiger partial charge in [0.05, 0.1) is 25.9 Å². The first kappa shape index (κ1) is 15.9. The van der Waals surface area contributed by atoms with Gasteiger partial charge < -0.3 is 14.4 Å². The largest absolute Gasteiger partial charge is 0.493 e. The number of rotatable bonds is 4. The van der Waals surface area contributed by atoms with Crippen LogP contribution in [0.5, 0.6) is 5.75 Å². The SMILES string of the molecule is C=CC(=O)N(Cc1ccc2c(c1)CCO2)C1COCc2ccccc21. The fourth-order valence-electron chi connectivity index (χ4n) is 3.61. The van der Waals surface area contributed by atoms with Crippen LogP contribution in [0.1, 0.15) is 28.3 Å². The Balaban J connectivity index is 1.65. The Morgan fingerprint density at radius 1 is 1.24 bits per heavy atom. The topological polar surface area (TPSA) is 38.8 Å². The third-order valence-corrected chi connectivity index (χ3v) is 4.89. The average Bonchev–Trinajstić information content (AvgIpc) is 3.13. The van der Waals surface area contributed by atoms with Crippen LogP contribution in [-0.2, 0) is 29.1 Å². The molecule has 1 unspecified atom stereocenters. The first-order valence-corrected chi connectivity index (χ1v) is 8.59. The molecule has 4 heteroatoms. The first-order valence-electron chi connectivity index (χ1n) is 8.59. The van der Waals surface area contributed by atoms with Gasteiger partial charge in [0, 0.05) is 13.0 Å². The lowest BCUT2D eigenvalue weighted by Crippen LogP contribution is -2.37. The molecule has 0 aliphatic carbocycles. The van der Waals surface area contributed by atoms with E-state index in [-0.39, 0.29) is 11.9 Å². The molecule has 2 aromatic carbocycles. The minimum absolute atomic E-state index is 0.0814. The van der Waals surface area contributed by atoms with E-state index in [1.165, 1.54) is 11.6 Å². The molecule has 0 spiro atoms. The number of nitrogens with zero attached hydrogens (tertiary/aromatic N) is 1. The second kappa shape index (κ2) is 6.73. The summed E-state index contributed by atoms with van der Waals surface area (Å²) in [4.78, 5) is 14.4. The van der Waals surface area contributed by atoms with Crippen LogP contribution in [0.15, 0.2) is 55.1 Å². The molecule has 25 heavy (non-hydrogen) atoms. The number of carbonyl (C=O) groups is 1. The number of carbonyl (C=O) groups excluding carboxylic acids is 1. The molecular formula is C21H21NO3. The van der Waals surface area contributed by atoms with Crippen molar-refractivity contribution in [1.29, 1.82) is 0 Å². The molecule has 0 saturated carbocycles. The Morgan fingerprint density at radius 3 is 3.00 bits per heavy atom. The lowest BCUT2D eigenvalue weighted by Gasteiger charge is -2.35. The van der Waals surface area contributed by atoms with Gasteiger partial charge >= 0.3 is 0 Å². The van der Waals surface area contributed by atoms with Crippen molar-refractivity contribution < 1.29 is 14.3 Å². The predicted octanol–water partition coefficient (Wildman–Crippen LogP) is 3.41. The second-order valence-electron chi connectivity index (χ2n) is 6.44. The molecule has 0 aromatic heterocycles. The Hall–Kier alpha value is -2.59. The van der Waals surface area contributed by atoms with E-state index in [1.807, 2.05) is 29.2 Å². The van der Waals surface area contributed by atoms with Crippen LogP contribution < -0.4 is 4.74 Å². The van der Waals surface area contributed by atoms with Crippen molar-refractivity contribution >= 4 is 5.91 Å². The van der Waals surface area contributed by atoms with Gasteiger partial charge in [0.1, 0.15) is 5.75 Å². The minimum atomic E-state index is -0.0973. The van der Waals surface area contributed by atoms with Crippen LogP contribution in [0.3, 0.4) is 0 Å². The summed E-state index contributed by atoms with van der Waals surface area (Å²) in [5, 5.41) is 0. The highest BCUT2D eigenvalue weighted by Crippen LogP contribution is 2.32. The number of hydrogen-bond acceptors (Lipinski definition) is 3. The quantitative estimate of drug-likeness (QED) is 0.804. The van der Waals surface area contributed by atoms with E-state index in [0.29, 0.717) is 19.8 Å². The maximum atomic E-state index is 12.6. The van der Waals surface area contributed by atoms with Crippen molar-refractivity contribution in [2.45, 2.75) is 25.6 Å². The zero-order chi connectivity index (χ0) is 17.2. The Morgan fingerprint density at radius 2 is 2.12 bits per heavy atom. The highest BCUT2D eigenvalue weighted by molar-refractivity contribution is 5.87. The third-order valence-electron chi connectivity index (χ3n) is 4.89. The van der Waals surface area contributed by atoms with Crippen molar-refractivity contribution in [2.24, 2.45) is 0 Å². The third kappa shape index (κ3) is 3.05. The number of benzene rings is 2. The van der Waals surface area contributed by atoms with Gasteiger partial charge in [0.2, 0.25) is 5.91 Å². The van der Waals surface area contributed by atoms with Gasteiger partial charge in [-0.25, -0.2) is 0 Å². The minimum Gasteiger partial charge on any atom is -0.493 e. The zero-order valence-electron chi connectivity index (χ0n) is 14.1. The normalized spacial score (nSPS) is 18.0. The monoisotopic (exact) mass is 335 g/mol. The summed E-state index contributed by atoms with van der Waals surface area (Å²) in [6.45, 7) is 6.04. The zero-order valence-corrected chi connectivity index (χ0v) is 14.1. The van der Waals surface area contributed by atoms with Gasteiger partial charge in [-0.3, -0.25) is 4.79 Å². The van der Waals surface area contributed by atoms with Crippen LogP contribution in [0, 0.1) is 0 Å². The molecule has 2 heterocycles. The molecule has 4 nitrogen and oxygen atoms in total. The fraction of sp³-hybridized carbons (Fsp3) is 0.286. The average molecular weight is 335 g/mol. The van der Waals surface area contributed by atoms with E-state index < -0.39 is 0 Å². The highest BCUT2D eigenvalue weighted by Gasteiger charge is 2.29. The molecule has 0 bridgehead atoms. The van der Waals surface area contributed by atoms with E-state index in [4.69, 9.17) is 9.47 Å². The van der Waals surface area contributed by atoms with Crippen LogP contribution >= 0.6 is 0 Å². The first-order chi connectivity index (χ1) is 12.3. The number of amides is 1. The lowest BCUT2D eigenvalue weighted by molar-refractivity contribution is -0.131. The van der Waals surface area contributed by atoms with Crippen LogP contribution in [0.25, 0.3) is 0 Å². The molecule has 0 radical (unpaired) electrons. The maximum Gasteiger partial charge on any atom is 0.246 e. The van der Waals surface area contributed by atoms with Gasteiger partial charge in [0.15, 0.2) is 0 Å².